The van der Waals surface area contributed by atoms with E-state index in [1.54, 1.807) is 18.3 Å². The summed E-state index contributed by atoms with van der Waals surface area (Å²) >= 11 is 0. The van der Waals surface area contributed by atoms with Crippen LogP contribution in [-0.2, 0) is 6.54 Å². The Morgan fingerprint density at radius 3 is 3.00 bits per heavy atom. The van der Waals surface area contributed by atoms with Crippen molar-refractivity contribution in [1.29, 1.82) is 0 Å². The van der Waals surface area contributed by atoms with Crippen molar-refractivity contribution in [3.05, 3.63) is 52.8 Å². The summed E-state index contributed by atoms with van der Waals surface area (Å²) in [7, 11) is 0. The Hall–Kier alpha value is -2.21. The Kier molecular flexibility index (Phi) is 2.93. The fourth-order valence-electron chi connectivity index (χ4n) is 1.33. The molecule has 0 aliphatic carbocycles. The monoisotopic (exact) mass is 217 g/mol. The van der Waals surface area contributed by atoms with Crippen molar-refractivity contribution in [3.63, 3.8) is 0 Å². The van der Waals surface area contributed by atoms with Crippen LogP contribution in [0.1, 0.15) is 5.69 Å². The fourth-order valence-corrected chi connectivity index (χ4v) is 1.33. The van der Waals surface area contributed by atoms with Gasteiger partial charge >= 0.3 is 5.69 Å². The summed E-state index contributed by atoms with van der Waals surface area (Å²) < 4.78 is 1.47. The number of nitrogen functional groups attached to an aromatic ring is 1. The van der Waals surface area contributed by atoms with E-state index in [-0.39, 0.29) is 5.69 Å². The molecule has 0 aliphatic rings. The summed E-state index contributed by atoms with van der Waals surface area (Å²) in [5.74, 6) is 5.81. The van der Waals surface area contributed by atoms with Gasteiger partial charge in [-0.2, -0.15) is 0 Å². The molecule has 2 rings (SSSR count). The third-order valence-corrected chi connectivity index (χ3v) is 2.07. The maximum atomic E-state index is 11.4. The molecule has 0 saturated heterocycles. The summed E-state index contributed by atoms with van der Waals surface area (Å²) in [5, 5.41) is 0. The Bertz CT molecular complexity index is 536. The van der Waals surface area contributed by atoms with E-state index in [1.807, 2.05) is 12.1 Å². The number of hydrazine groups is 1. The molecule has 3 N–H and O–H groups in total. The average Bonchev–Trinajstić information content (AvgIpc) is 2.32. The number of hydrogen-bond acceptors (Lipinski definition) is 5. The van der Waals surface area contributed by atoms with Crippen molar-refractivity contribution < 1.29 is 0 Å². The molecule has 82 valence electrons. The van der Waals surface area contributed by atoms with Gasteiger partial charge in [-0.3, -0.25) is 4.57 Å². The molecular weight excluding hydrogens is 206 g/mol. The lowest BCUT2D eigenvalue weighted by molar-refractivity contribution is 0.711. The number of pyridine rings is 1. The van der Waals surface area contributed by atoms with Crippen LogP contribution < -0.4 is 17.0 Å². The third-order valence-electron chi connectivity index (χ3n) is 2.07. The normalized spacial score (nSPS) is 10.1. The number of hydrogen-bond donors (Lipinski definition) is 2. The lowest BCUT2D eigenvalue weighted by Gasteiger charge is -2.05. The van der Waals surface area contributed by atoms with Gasteiger partial charge < -0.3 is 5.43 Å². The highest BCUT2D eigenvalue weighted by Crippen LogP contribution is 2.03. The number of anilines is 1. The van der Waals surface area contributed by atoms with E-state index in [0.717, 1.165) is 5.69 Å². The second-order valence-electron chi connectivity index (χ2n) is 3.19. The molecule has 6 heteroatoms. The molecular formula is C10H11N5O. The predicted molar refractivity (Wildman–Crippen MR) is 59.6 cm³/mol. The van der Waals surface area contributed by atoms with Gasteiger partial charge in [0.25, 0.3) is 0 Å². The molecule has 0 aromatic carbocycles. The summed E-state index contributed by atoms with van der Waals surface area (Å²) in [6.07, 6.45) is 3.13. The Balaban J connectivity index is 2.27. The van der Waals surface area contributed by atoms with E-state index >= 15 is 0 Å². The highest BCUT2D eigenvalue weighted by molar-refractivity contribution is 5.33. The van der Waals surface area contributed by atoms with Crippen molar-refractivity contribution in [3.8, 4) is 0 Å². The topological polar surface area (TPSA) is 85.8 Å². The van der Waals surface area contributed by atoms with Crippen molar-refractivity contribution >= 4 is 5.82 Å². The number of nitrogens with one attached hydrogen (secondary N) is 1. The zero-order chi connectivity index (χ0) is 11.4. The summed E-state index contributed by atoms with van der Waals surface area (Å²) in [6.45, 7) is 0.377. The van der Waals surface area contributed by atoms with Gasteiger partial charge in [0.05, 0.1) is 12.2 Å². The van der Waals surface area contributed by atoms with E-state index in [1.165, 1.54) is 10.8 Å². The Morgan fingerprint density at radius 1 is 1.38 bits per heavy atom. The predicted octanol–water partition coefficient (Wildman–Crippen LogP) is -0.0278. The van der Waals surface area contributed by atoms with Crippen molar-refractivity contribution in [1.82, 2.24) is 14.5 Å². The minimum absolute atomic E-state index is 0.296. The number of nitrogens with zero attached hydrogens (tertiary/aromatic N) is 3. The molecule has 0 atom stereocenters. The molecule has 0 amide bonds. The number of aromatic nitrogens is 3. The first kappa shape index (κ1) is 10.3. The fraction of sp³-hybridized carbons (Fsp3) is 0.100. The first-order chi connectivity index (χ1) is 7.79. The first-order valence-corrected chi connectivity index (χ1v) is 4.73. The van der Waals surface area contributed by atoms with Gasteiger partial charge in [-0.25, -0.2) is 20.6 Å². The number of nitrogens with two attached hydrogens (primary N) is 1. The zero-order valence-corrected chi connectivity index (χ0v) is 8.50. The van der Waals surface area contributed by atoms with Gasteiger partial charge in [-0.15, -0.1) is 0 Å². The minimum atomic E-state index is -0.296. The van der Waals surface area contributed by atoms with E-state index < -0.39 is 0 Å². The molecule has 2 heterocycles. The molecule has 0 unspecified atom stereocenters. The van der Waals surface area contributed by atoms with Crippen LogP contribution >= 0.6 is 0 Å². The van der Waals surface area contributed by atoms with Crippen LogP contribution in [0.3, 0.4) is 0 Å². The highest BCUT2D eigenvalue weighted by atomic mass is 16.1. The van der Waals surface area contributed by atoms with E-state index in [9.17, 15) is 4.79 Å². The van der Waals surface area contributed by atoms with Crippen LogP contribution in [0.15, 0.2) is 41.5 Å². The van der Waals surface area contributed by atoms with Crippen molar-refractivity contribution in [2.45, 2.75) is 6.54 Å². The maximum absolute atomic E-state index is 11.4. The molecule has 0 saturated carbocycles. The van der Waals surface area contributed by atoms with Gasteiger partial charge in [-0.1, -0.05) is 6.07 Å². The van der Waals surface area contributed by atoms with Crippen molar-refractivity contribution in [2.24, 2.45) is 5.84 Å². The molecule has 2 aromatic rings. The first-order valence-electron chi connectivity index (χ1n) is 4.73. The SMILES string of the molecule is NNc1cccc(Cn2cccnc2=O)n1. The van der Waals surface area contributed by atoms with Crippen LogP contribution in [0.5, 0.6) is 0 Å². The van der Waals surface area contributed by atoms with E-state index in [4.69, 9.17) is 5.84 Å². The van der Waals surface area contributed by atoms with Crippen LogP contribution in [0.25, 0.3) is 0 Å². The summed E-state index contributed by atoms with van der Waals surface area (Å²) in [4.78, 5) is 19.2. The van der Waals surface area contributed by atoms with E-state index in [2.05, 4.69) is 15.4 Å². The third kappa shape index (κ3) is 2.23. The highest BCUT2D eigenvalue weighted by Gasteiger charge is 1.99. The maximum Gasteiger partial charge on any atom is 0.347 e. The minimum Gasteiger partial charge on any atom is -0.308 e. The van der Waals surface area contributed by atoms with Crippen LogP contribution in [0.4, 0.5) is 5.82 Å². The smallest absolute Gasteiger partial charge is 0.308 e. The molecule has 0 spiro atoms. The molecule has 6 nitrogen and oxygen atoms in total. The second kappa shape index (κ2) is 4.54. The average molecular weight is 217 g/mol. The van der Waals surface area contributed by atoms with Gasteiger partial charge in [-0.05, 0) is 18.2 Å². The van der Waals surface area contributed by atoms with Crippen LogP contribution in [0.2, 0.25) is 0 Å². The molecule has 0 aliphatic heterocycles. The molecule has 0 fully saturated rings. The van der Waals surface area contributed by atoms with E-state index in [0.29, 0.717) is 12.4 Å². The Labute approximate surface area is 91.7 Å². The quantitative estimate of drug-likeness (QED) is 0.557. The van der Waals surface area contributed by atoms with Gasteiger partial charge in [0.1, 0.15) is 5.82 Å². The van der Waals surface area contributed by atoms with Crippen LogP contribution in [-0.4, -0.2) is 14.5 Å². The summed E-state index contributed by atoms with van der Waals surface area (Å²) in [6, 6.07) is 7.08. The zero-order valence-electron chi connectivity index (χ0n) is 8.50. The van der Waals surface area contributed by atoms with Gasteiger partial charge in [0.15, 0.2) is 0 Å². The lowest BCUT2D eigenvalue weighted by atomic mass is 10.3. The largest absolute Gasteiger partial charge is 0.347 e. The molecule has 0 bridgehead atoms. The Morgan fingerprint density at radius 2 is 2.25 bits per heavy atom. The molecule has 0 radical (unpaired) electrons. The van der Waals surface area contributed by atoms with Gasteiger partial charge in [0.2, 0.25) is 0 Å². The molecule has 2 aromatic heterocycles. The standard InChI is InChI=1S/C10H11N5O/c11-14-9-4-1-3-8(13-9)7-15-6-2-5-12-10(15)16/h1-6H,7,11H2,(H,13,14). The van der Waals surface area contributed by atoms with Gasteiger partial charge in [0, 0.05) is 12.4 Å². The summed E-state index contributed by atoms with van der Waals surface area (Å²) in [5.41, 5.74) is 2.90. The van der Waals surface area contributed by atoms with Crippen LogP contribution in [0, 0.1) is 0 Å². The lowest BCUT2D eigenvalue weighted by Crippen LogP contribution is -2.22. The van der Waals surface area contributed by atoms with Crippen molar-refractivity contribution in [2.75, 3.05) is 5.43 Å². The second-order valence-corrected chi connectivity index (χ2v) is 3.19. The number of rotatable bonds is 3. The molecule has 16 heavy (non-hydrogen) atoms.